The smallest absolute Gasteiger partial charge is 0.117 e. The van der Waals surface area contributed by atoms with Crippen molar-refractivity contribution in [3.63, 3.8) is 0 Å². The van der Waals surface area contributed by atoms with E-state index in [2.05, 4.69) is 6.58 Å². The van der Waals surface area contributed by atoms with Crippen LogP contribution in [0, 0.1) is 23.2 Å². The molecule has 3 N–H and O–H groups in total. The quantitative estimate of drug-likeness (QED) is 0.700. The first-order valence-electron chi connectivity index (χ1n) is 7.54. The number of aliphatic hydroxyl groups excluding tert-OH is 3. The average molecular weight is 301 g/mol. The SMILES string of the molecule is C=C(C)[C@@H]1C[C@H](O)C(C)=CC1C1=C(O)C=C(CC#N)CC1O. The Hall–Kier alpha value is -1.83. The molecule has 0 radical (unpaired) electrons. The van der Waals surface area contributed by atoms with Gasteiger partial charge in [-0.05, 0) is 49.8 Å². The fraction of sp³-hybridized carbons (Fsp3) is 0.500. The normalized spacial score (nSPS) is 32.1. The standard InChI is InChI=1S/C18H23NO3/c1-10(2)13-9-15(20)11(3)6-14(13)18-16(21)7-12(4-5-19)8-17(18)22/h6-7,13-15,17,20-22H,1,4,8-9H2,2-3H3/t13-,14?,15-,17?/m0/s1. The van der Waals surface area contributed by atoms with Crippen molar-refractivity contribution in [2.24, 2.45) is 11.8 Å². The molecular formula is C18H23NO3. The van der Waals surface area contributed by atoms with Gasteiger partial charge in [-0.15, -0.1) is 0 Å². The van der Waals surface area contributed by atoms with Gasteiger partial charge in [-0.3, -0.25) is 0 Å². The Labute approximate surface area is 131 Å². The summed E-state index contributed by atoms with van der Waals surface area (Å²) in [6.45, 7) is 7.76. The van der Waals surface area contributed by atoms with Crippen LogP contribution in [-0.2, 0) is 0 Å². The lowest BCUT2D eigenvalue weighted by atomic mass is 9.70. The molecule has 0 spiro atoms. The molecule has 0 aromatic rings. The summed E-state index contributed by atoms with van der Waals surface area (Å²) >= 11 is 0. The molecule has 2 aliphatic carbocycles. The first-order valence-corrected chi connectivity index (χ1v) is 7.54. The van der Waals surface area contributed by atoms with Crippen LogP contribution in [0.5, 0.6) is 0 Å². The van der Waals surface area contributed by atoms with Gasteiger partial charge in [0.15, 0.2) is 0 Å². The molecule has 4 atom stereocenters. The van der Waals surface area contributed by atoms with Gasteiger partial charge in [-0.2, -0.15) is 5.26 Å². The van der Waals surface area contributed by atoms with Crippen molar-refractivity contribution in [2.75, 3.05) is 0 Å². The first-order chi connectivity index (χ1) is 10.3. The molecule has 118 valence electrons. The van der Waals surface area contributed by atoms with Crippen molar-refractivity contribution in [3.05, 3.63) is 46.8 Å². The zero-order chi connectivity index (χ0) is 16.4. The predicted molar refractivity (Wildman–Crippen MR) is 84.8 cm³/mol. The molecule has 4 heteroatoms. The number of hydrogen-bond donors (Lipinski definition) is 3. The molecule has 0 amide bonds. The monoisotopic (exact) mass is 301 g/mol. The van der Waals surface area contributed by atoms with Crippen LogP contribution >= 0.6 is 0 Å². The van der Waals surface area contributed by atoms with E-state index < -0.39 is 12.2 Å². The molecule has 0 aromatic carbocycles. The average Bonchev–Trinajstić information content (AvgIpc) is 2.41. The molecule has 2 aliphatic rings. The molecule has 0 aromatic heterocycles. The van der Waals surface area contributed by atoms with Gasteiger partial charge in [0.1, 0.15) is 5.76 Å². The van der Waals surface area contributed by atoms with Crippen LogP contribution in [0.3, 0.4) is 0 Å². The zero-order valence-electron chi connectivity index (χ0n) is 13.1. The number of aliphatic hydroxyl groups is 3. The minimum atomic E-state index is -0.806. The summed E-state index contributed by atoms with van der Waals surface area (Å²) in [4.78, 5) is 0. The number of rotatable bonds is 3. The lowest BCUT2D eigenvalue weighted by Crippen LogP contribution is -2.33. The topological polar surface area (TPSA) is 84.5 Å². The molecule has 0 fully saturated rings. The summed E-state index contributed by atoms with van der Waals surface area (Å²) in [6.07, 6.45) is 3.31. The summed E-state index contributed by atoms with van der Waals surface area (Å²) in [5.41, 5.74) is 3.08. The van der Waals surface area contributed by atoms with Crippen molar-refractivity contribution in [1.82, 2.24) is 0 Å². The number of nitriles is 1. The van der Waals surface area contributed by atoms with E-state index in [-0.39, 0.29) is 24.0 Å². The Morgan fingerprint density at radius 3 is 2.64 bits per heavy atom. The molecule has 0 saturated carbocycles. The minimum absolute atomic E-state index is 0.0172. The third-order valence-electron chi connectivity index (χ3n) is 4.63. The molecule has 0 saturated heterocycles. The molecule has 2 rings (SSSR count). The summed E-state index contributed by atoms with van der Waals surface area (Å²) in [7, 11) is 0. The second-order valence-electron chi connectivity index (χ2n) is 6.34. The molecule has 2 unspecified atom stereocenters. The van der Waals surface area contributed by atoms with E-state index in [0.717, 1.165) is 16.7 Å². The zero-order valence-corrected chi connectivity index (χ0v) is 13.1. The van der Waals surface area contributed by atoms with E-state index >= 15 is 0 Å². The van der Waals surface area contributed by atoms with Gasteiger partial charge in [0.2, 0.25) is 0 Å². The highest BCUT2D eigenvalue weighted by Crippen LogP contribution is 2.42. The van der Waals surface area contributed by atoms with Crippen LogP contribution in [0.15, 0.2) is 46.8 Å². The lowest BCUT2D eigenvalue weighted by Gasteiger charge is -2.37. The molecule has 0 heterocycles. The third-order valence-corrected chi connectivity index (χ3v) is 4.63. The van der Waals surface area contributed by atoms with Crippen molar-refractivity contribution in [2.45, 2.75) is 45.3 Å². The number of nitrogens with zero attached hydrogens (tertiary/aromatic N) is 1. The first kappa shape index (κ1) is 16.5. The van der Waals surface area contributed by atoms with E-state index in [1.54, 1.807) is 6.08 Å². The van der Waals surface area contributed by atoms with E-state index in [1.807, 2.05) is 26.0 Å². The van der Waals surface area contributed by atoms with Crippen molar-refractivity contribution < 1.29 is 15.3 Å². The minimum Gasteiger partial charge on any atom is -0.508 e. The Balaban J connectivity index is 2.45. The maximum Gasteiger partial charge on any atom is 0.117 e. The van der Waals surface area contributed by atoms with Crippen LogP contribution in [0.25, 0.3) is 0 Å². The maximum absolute atomic E-state index is 10.5. The second-order valence-corrected chi connectivity index (χ2v) is 6.34. The van der Waals surface area contributed by atoms with Crippen LogP contribution in [-0.4, -0.2) is 27.5 Å². The summed E-state index contributed by atoms with van der Waals surface area (Å²) in [6, 6.07) is 2.04. The van der Waals surface area contributed by atoms with Gasteiger partial charge in [-0.1, -0.05) is 18.2 Å². The highest BCUT2D eigenvalue weighted by molar-refractivity contribution is 5.39. The number of hydrogen-bond acceptors (Lipinski definition) is 4. The maximum atomic E-state index is 10.5. The van der Waals surface area contributed by atoms with E-state index in [1.165, 1.54) is 0 Å². The molecule has 4 nitrogen and oxygen atoms in total. The Morgan fingerprint density at radius 2 is 2.09 bits per heavy atom. The molecule has 0 bridgehead atoms. The van der Waals surface area contributed by atoms with Gasteiger partial charge in [0, 0.05) is 11.5 Å². The Morgan fingerprint density at radius 1 is 1.41 bits per heavy atom. The van der Waals surface area contributed by atoms with Crippen LogP contribution in [0.4, 0.5) is 0 Å². The molecule has 22 heavy (non-hydrogen) atoms. The van der Waals surface area contributed by atoms with Crippen LogP contribution < -0.4 is 0 Å². The number of allylic oxidation sites excluding steroid dienone is 3. The highest BCUT2D eigenvalue weighted by atomic mass is 16.3. The summed E-state index contributed by atoms with van der Waals surface area (Å²) < 4.78 is 0. The van der Waals surface area contributed by atoms with Crippen molar-refractivity contribution in [1.29, 1.82) is 5.26 Å². The Kier molecular flexibility index (Phi) is 4.90. The van der Waals surface area contributed by atoms with Gasteiger partial charge in [0.05, 0.1) is 24.7 Å². The van der Waals surface area contributed by atoms with E-state index in [0.29, 0.717) is 18.4 Å². The van der Waals surface area contributed by atoms with Gasteiger partial charge < -0.3 is 15.3 Å². The second kappa shape index (κ2) is 6.51. The van der Waals surface area contributed by atoms with E-state index in [4.69, 9.17) is 5.26 Å². The third kappa shape index (κ3) is 3.16. The summed E-state index contributed by atoms with van der Waals surface area (Å²) in [5, 5.41) is 39.6. The Bertz CT molecular complexity index is 606. The summed E-state index contributed by atoms with van der Waals surface area (Å²) in [5.74, 6) is -0.145. The van der Waals surface area contributed by atoms with Gasteiger partial charge in [-0.25, -0.2) is 0 Å². The molecule has 0 aliphatic heterocycles. The van der Waals surface area contributed by atoms with E-state index in [9.17, 15) is 15.3 Å². The lowest BCUT2D eigenvalue weighted by molar-refractivity contribution is 0.144. The van der Waals surface area contributed by atoms with Crippen LogP contribution in [0.1, 0.15) is 33.1 Å². The van der Waals surface area contributed by atoms with Crippen molar-refractivity contribution in [3.8, 4) is 6.07 Å². The predicted octanol–water partition coefficient (Wildman–Crippen LogP) is 2.92. The van der Waals surface area contributed by atoms with Gasteiger partial charge >= 0.3 is 0 Å². The molecular weight excluding hydrogens is 278 g/mol. The largest absolute Gasteiger partial charge is 0.508 e. The van der Waals surface area contributed by atoms with Crippen LogP contribution in [0.2, 0.25) is 0 Å². The fourth-order valence-corrected chi connectivity index (χ4v) is 3.38. The van der Waals surface area contributed by atoms with Gasteiger partial charge in [0.25, 0.3) is 0 Å². The highest BCUT2D eigenvalue weighted by Gasteiger charge is 2.36. The fourth-order valence-electron chi connectivity index (χ4n) is 3.38. The van der Waals surface area contributed by atoms with Crippen molar-refractivity contribution >= 4 is 0 Å².